The summed E-state index contributed by atoms with van der Waals surface area (Å²) in [6, 6.07) is 15.1. The molecule has 0 spiro atoms. The van der Waals surface area contributed by atoms with E-state index in [9.17, 15) is 4.79 Å². The summed E-state index contributed by atoms with van der Waals surface area (Å²) in [5, 5.41) is 2.87. The van der Waals surface area contributed by atoms with Crippen molar-refractivity contribution in [3.05, 3.63) is 59.7 Å². The molecule has 2 rings (SSSR count). The number of nitrogen functional groups attached to an aromatic ring is 1. The number of anilines is 2. The third-order valence-corrected chi connectivity index (χ3v) is 3.08. The van der Waals surface area contributed by atoms with E-state index in [1.165, 1.54) is 0 Å². The number of urea groups is 1. The standard InChI is InChI=1S/C16H19N3O/c1-12-6-5-8-14(10-12)18-16(20)19(2)11-13-7-3-4-9-15(13)17/h3-10H,11,17H2,1-2H3,(H,18,20). The van der Waals surface area contributed by atoms with Crippen molar-refractivity contribution in [1.29, 1.82) is 0 Å². The number of hydrogen-bond acceptors (Lipinski definition) is 2. The Bertz CT molecular complexity index is 610. The van der Waals surface area contributed by atoms with Crippen LogP contribution in [0.5, 0.6) is 0 Å². The Labute approximate surface area is 119 Å². The number of para-hydroxylation sites is 1. The lowest BCUT2D eigenvalue weighted by Gasteiger charge is -2.19. The van der Waals surface area contributed by atoms with E-state index in [0.29, 0.717) is 12.2 Å². The van der Waals surface area contributed by atoms with Crippen LogP contribution in [0, 0.1) is 6.92 Å². The normalized spacial score (nSPS) is 10.1. The number of carbonyl (C=O) groups is 1. The molecule has 0 atom stereocenters. The van der Waals surface area contributed by atoms with Gasteiger partial charge in [0.15, 0.2) is 0 Å². The van der Waals surface area contributed by atoms with Crippen LogP contribution in [-0.4, -0.2) is 18.0 Å². The molecule has 3 N–H and O–H groups in total. The van der Waals surface area contributed by atoms with E-state index in [1.54, 1.807) is 11.9 Å². The maximum absolute atomic E-state index is 12.1. The van der Waals surface area contributed by atoms with Gasteiger partial charge in [0.2, 0.25) is 0 Å². The van der Waals surface area contributed by atoms with Crippen LogP contribution in [0.3, 0.4) is 0 Å². The fourth-order valence-electron chi connectivity index (χ4n) is 1.95. The Morgan fingerprint density at radius 2 is 1.95 bits per heavy atom. The van der Waals surface area contributed by atoms with Crippen molar-refractivity contribution in [3.8, 4) is 0 Å². The van der Waals surface area contributed by atoms with E-state index in [2.05, 4.69) is 5.32 Å². The molecule has 2 amide bonds. The van der Waals surface area contributed by atoms with Crippen LogP contribution in [0.15, 0.2) is 48.5 Å². The average Bonchev–Trinajstić information content (AvgIpc) is 2.41. The minimum absolute atomic E-state index is 0.154. The number of aryl methyl sites for hydroxylation is 1. The Hall–Kier alpha value is -2.49. The highest BCUT2D eigenvalue weighted by atomic mass is 16.2. The van der Waals surface area contributed by atoms with Crippen LogP contribution in [-0.2, 0) is 6.54 Å². The lowest BCUT2D eigenvalue weighted by Crippen LogP contribution is -2.31. The number of amides is 2. The molecule has 0 aliphatic heterocycles. The van der Waals surface area contributed by atoms with Gasteiger partial charge in [-0.3, -0.25) is 0 Å². The van der Waals surface area contributed by atoms with Crippen molar-refractivity contribution >= 4 is 17.4 Å². The molecule has 0 saturated heterocycles. The summed E-state index contributed by atoms with van der Waals surface area (Å²) in [6.45, 7) is 2.47. The molecule has 4 heteroatoms. The average molecular weight is 269 g/mol. The molecule has 0 fully saturated rings. The van der Waals surface area contributed by atoms with Crippen LogP contribution in [0.25, 0.3) is 0 Å². The lowest BCUT2D eigenvalue weighted by atomic mass is 10.2. The van der Waals surface area contributed by atoms with Gasteiger partial charge in [0, 0.05) is 25.0 Å². The molecular formula is C16H19N3O. The van der Waals surface area contributed by atoms with Gasteiger partial charge in [-0.05, 0) is 36.2 Å². The second kappa shape index (κ2) is 6.10. The molecule has 2 aromatic carbocycles. The Morgan fingerprint density at radius 1 is 1.20 bits per heavy atom. The van der Waals surface area contributed by atoms with Crippen LogP contribution in [0.1, 0.15) is 11.1 Å². The van der Waals surface area contributed by atoms with Gasteiger partial charge < -0.3 is 16.0 Å². The van der Waals surface area contributed by atoms with E-state index in [0.717, 1.165) is 16.8 Å². The lowest BCUT2D eigenvalue weighted by molar-refractivity contribution is 0.221. The first-order chi connectivity index (χ1) is 9.56. The maximum atomic E-state index is 12.1. The summed E-state index contributed by atoms with van der Waals surface area (Å²) in [7, 11) is 1.75. The minimum Gasteiger partial charge on any atom is -0.398 e. The zero-order chi connectivity index (χ0) is 14.5. The topological polar surface area (TPSA) is 58.4 Å². The molecular weight excluding hydrogens is 250 g/mol. The van der Waals surface area contributed by atoms with Gasteiger partial charge >= 0.3 is 6.03 Å². The zero-order valence-corrected chi connectivity index (χ0v) is 11.8. The van der Waals surface area contributed by atoms with Gasteiger partial charge in [0.1, 0.15) is 0 Å². The molecule has 2 aromatic rings. The molecule has 20 heavy (non-hydrogen) atoms. The number of nitrogens with zero attached hydrogens (tertiary/aromatic N) is 1. The summed E-state index contributed by atoms with van der Waals surface area (Å²) < 4.78 is 0. The highest BCUT2D eigenvalue weighted by Gasteiger charge is 2.10. The predicted molar refractivity (Wildman–Crippen MR) is 82.5 cm³/mol. The Morgan fingerprint density at radius 3 is 2.65 bits per heavy atom. The summed E-state index contributed by atoms with van der Waals surface area (Å²) in [5.74, 6) is 0. The maximum Gasteiger partial charge on any atom is 0.321 e. The predicted octanol–water partition coefficient (Wildman–Crippen LogP) is 3.24. The second-order valence-corrected chi connectivity index (χ2v) is 4.85. The molecule has 0 aliphatic rings. The first kappa shape index (κ1) is 13.9. The van der Waals surface area contributed by atoms with E-state index >= 15 is 0 Å². The van der Waals surface area contributed by atoms with Crippen molar-refractivity contribution in [1.82, 2.24) is 4.90 Å². The summed E-state index contributed by atoms with van der Waals surface area (Å²) in [5.41, 5.74) is 9.42. The number of hydrogen-bond donors (Lipinski definition) is 2. The van der Waals surface area contributed by atoms with Gasteiger partial charge in [-0.25, -0.2) is 4.79 Å². The van der Waals surface area contributed by atoms with Gasteiger partial charge in [0.25, 0.3) is 0 Å². The van der Waals surface area contributed by atoms with Gasteiger partial charge in [0.05, 0.1) is 0 Å². The fourth-order valence-corrected chi connectivity index (χ4v) is 1.95. The molecule has 0 radical (unpaired) electrons. The number of nitrogens with two attached hydrogens (primary N) is 1. The number of carbonyl (C=O) groups excluding carboxylic acids is 1. The van der Waals surface area contributed by atoms with Crippen LogP contribution in [0.2, 0.25) is 0 Å². The van der Waals surface area contributed by atoms with E-state index in [4.69, 9.17) is 5.73 Å². The SMILES string of the molecule is Cc1cccc(NC(=O)N(C)Cc2ccccc2N)c1. The first-order valence-electron chi connectivity index (χ1n) is 6.48. The molecule has 0 unspecified atom stereocenters. The number of benzene rings is 2. The van der Waals surface area contributed by atoms with Crippen molar-refractivity contribution < 1.29 is 4.79 Å². The largest absolute Gasteiger partial charge is 0.398 e. The fraction of sp³-hybridized carbons (Fsp3) is 0.188. The van der Waals surface area contributed by atoms with E-state index in [1.807, 2.05) is 55.5 Å². The van der Waals surface area contributed by atoms with Gasteiger partial charge in [-0.15, -0.1) is 0 Å². The second-order valence-electron chi connectivity index (χ2n) is 4.85. The highest BCUT2D eigenvalue weighted by Crippen LogP contribution is 2.14. The summed E-state index contributed by atoms with van der Waals surface area (Å²) in [4.78, 5) is 13.7. The van der Waals surface area contributed by atoms with Crippen molar-refractivity contribution in [3.63, 3.8) is 0 Å². The summed E-state index contributed by atoms with van der Waals surface area (Å²) >= 11 is 0. The third kappa shape index (κ3) is 3.51. The molecule has 0 aromatic heterocycles. The number of rotatable bonds is 3. The van der Waals surface area contributed by atoms with Gasteiger partial charge in [-0.1, -0.05) is 30.3 Å². The van der Waals surface area contributed by atoms with Crippen LogP contribution < -0.4 is 11.1 Å². The van der Waals surface area contributed by atoms with Gasteiger partial charge in [-0.2, -0.15) is 0 Å². The molecule has 0 bridgehead atoms. The van der Waals surface area contributed by atoms with Crippen LogP contribution in [0.4, 0.5) is 16.2 Å². The zero-order valence-electron chi connectivity index (χ0n) is 11.8. The highest BCUT2D eigenvalue weighted by molar-refractivity contribution is 5.89. The van der Waals surface area contributed by atoms with E-state index in [-0.39, 0.29) is 6.03 Å². The van der Waals surface area contributed by atoms with E-state index < -0.39 is 0 Å². The quantitative estimate of drug-likeness (QED) is 0.840. The monoisotopic (exact) mass is 269 g/mol. The first-order valence-corrected chi connectivity index (χ1v) is 6.48. The summed E-state index contributed by atoms with van der Waals surface area (Å²) in [6.07, 6.45) is 0. The van der Waals surface area contributed by atoms with Crippen molar-refractivity contribution in [2.45, 2.75) is 13.5 Å². The smallest absolute Gasteiger partial charge is 0.321 e. The third-order valence-electron chi connectivity index (χ3n) is 3.08. The van der Waals surface area contributed by atoms with Crippen LogP contribution >= 0.6 is 0 Å². The molecule has 0 heterocycles. The molecule has 104 valence electrons. The molecule has 0 saturated carbocycles. The Kier molecular flexibility index (Phi) is 4.25. The number of nitrogens with one attached hydrogen (secondary N) is 1. The molecule has 4 nitrogen and oxygen atoms in total. The van der Waals surface area contributed by atoms with Crippen molar-refractivity contribution in [2.75, 3.05) is 18.1 Å². The minimum atomic E-state index is -0.154. The van der Waals surface area contributed by atoms with Crippen molar-refractivity contribution in [2.24, 2.45) is 0 Å². The molecule has 0 aliphatic carbocycles. The Balaban J connectivity index is 2.01.